The van der Waals surface area contributed by atoms with Crippen LogP contribution >= 0.6 is 0 Å². The molecule has 5 rings (SSSR count). The molecule has 21 heavy (non-hydrogen) atoms. The average molecular weight is 292 g/mol. The van der Waals surface area contributed by atoms with Crippen LogP contribution in [-0.2, 0) is 0 Å². The SMILES string of the molecule is OC(CC12CC3CC(CC(C3)C1)C2)c1cc(F)cc(F)c1. The smallest absolute Gasteiger partial charge is 0.126 e. The van der Waals surface area contributed by atoms with E-state index in [9.17, 15) is 13.9 Å². The van der Waals surface area contributed by atoms with Gasteiger partial charge in [0.1, 0.15) is 11.6 Å². The summed E-state index contributed by atoms with van der Waals surface area (Å²) in [4.78, 5) is 0. The maximum absolute atomic E-state index is 13.3. The lowest BCUT2D eigenvalue weighted by Crippen LogP contribution is -2.46. The molecule has 0 saturated heterocycles. The minimum atomic E-state index is -0.744. The summed E-state index contributed by atoms with van der Waals surface area (Å²) < 4.78 is 26.7. The lowest BCUT2D eigenvalue weighted by atomic mass is 9.48. The highest BCUT2D eigenvalue weighted by Gasteiger charge is 2.51. The molecular formula is C18H22F2O. The van der Waals surface area contributed by atoms with Crippen LogP contribution in [0.4, 0.5) is 8.78 Å². The van der Waals surface area contributed by atoms with Gasteiger partial charge in [0.15, 0.2) is 0 Å². The van der Waals surface area contributed by atoms with Gasteiger partial charge in [0, 0.05) is 6.07 Å². The van der Waals surface area contributed by atoms with E-state index in [2.05, 4.69) is 0 Å². The van der Waals surface area contributed by atoms with Gasteiger partial charge in [-0.15, -0.1) is 0 Å². The Bertz CT molecular complexity index is 499. The molecule has 1 unspecified atom stereocenters. The molecule has 1 nitrogen and oxygen atoms in total. The molecule has 0 aliphatic heterocycles. The quantitative estimate of drug-likeness (QED) is 0.863. The van der Waals surface area contributed by atoms with Crippen LogP contribution in [0.3, 0.4) is 0 Å². The van der Waals surface area contributed by atoms with Crippen molar-refractivity contribution in [2.45, 2.75) is 51.0 Å². The van der Waals surface area contributed by atoms with Crippen LogP contribution in [0.1, 0.15) is 56.6 Å². The van der Waals surface area contributed by atoms with Crippen molar-refractivity contribution in [3.63, 3.8) is 0 Å². The van der Waals surface area contributed by atoms with Crippen molar-refractivity contribution in [3.8, 4) is 0 Å². The first-order valence-electron chi connectivity index (χ1n) is 8.15. The number of rotatable bonds is 3. The zero-order valence-electron chi connectivity index (χ0n) is 12.2. The molecule has 4 aliphatic rings. The minimum Gasteiger partial charge on any atom is -0.388 e. The molecule has 0 amide bonds. The molecule has 3 heteroatoms. The molecule has 0 spiro atoms. The van der Waals surface area contributed by atoms with Crippen molar-refractivity contribution < 1.29 is 13.9 Å². The molecule has 0 aromatic heterocycles. The summed E-state index contributed by atoms with van der Waals surface area (Å²) in [6, 6.07) is 3.41. The lowest BCUT2D eigenvalue weighted by Gasteiger charge is -2.57. The Balaban J connectivity index is 1.55. The lowest BCUT2D eigenvalue weighted by molar-refractivity contribution is -0.0764. The van der Waals surface area contributed by atoms with Gasteiger partial charge in [0.25, 0.3) is 0 Å². The highest BCUT2D eigenvalue weighted by atomic mass is 19.1. The van der Waals surface area contributed by atoms with Crippen molar-refractivity contribution in [1.82, 2.24) is 0 Å². The molecule has 0 radical (unpaired) electrons. The Hall–Kier alpha value is -0.960. The van der Waals surface area contributed by atoms with E-state index in [0.717, 1.165) is 23.8 Å². The summed E-state index contributed by atoms with van der Waals surface area (Å²) in [5, 5.41) is 10.5. The van der Waals surface area contributed by atoms with Crippen molar-refractivity contribution in [3.05, 3.63) is 35.4 Å². The fourth-order valence-corrected chi connectivity index (χ4v) is 5.84. The van der Waals surface area contributed by atoms with Crippen molar-refractivity contribution in [2.75, 3.05) is 0 Å². The first kappa shape index (κ1) is 13.7. The molecule has 4 fully saturated rings. The number of aliphatic hydroxyl groups is 1. The number of aliphatic hydroxyl groups excluding tert-OH is 1. The van der Waals surface area contributed by atoms with Crippen LogP contribution in [-0.4, -0.2) is 5.11 Å². The molecule has 4 bridgehead atoms. The van der Waals surface area contributed by atoms with Gasteiger partial charge in [-0.05, 0) is 85.8 Å². The summed E-state index contributed by atoms with van der Waals surface area (Å²) in [5.74, 6) is 1.28. The number of benzene rings is 1. The van der Waals surface area contributed by atoms with Crippen LogP contribution < -0.4 is 0 Å². The topological polar surface area (TPSA) is 20.2 Å². The third kappa shape index (κ3) is 2.50. The first-order valence-corrected chi connectivity index (χ1v) is 8.15. The summed E-state index contributed by atoms with van der Waals surface area (Å²) in [7, 11) is 0. The normalized spacial score (nSPS) is 38.7. The minimum absolute atomic E-state index is 0.219. The molecule has 1 N–H and O–H groups in total. The van der Waals surface area contributed by atoms with Gasteiger partial charge in [-0.1, -0.05) is 0 Å². The Kier molecular flexibility index (Phi) is 3.11. The molecule has 1 atom stereocenters. The molecule has 4 aliphatic carbocycles. The fourth-order valence-electron chi connectivity index (χ4n) is 5.84. The molecule has 114 valence electrons. The second-order valence-electron chi connectivity index (χ2n) is 7.84. The van der Waals surface area contributed by atoms with Crippen LogP contribution in [0, 0.1) is 34.8 Å². The van der Waals surface area contributed by atoms with E-state index >= 15 is 0 Å². The first-order chi connectivity index (χ1) is 10.0. The van der Waals surface area contributed by atoms with Gasteiger partial charge >= 0.3 is 0 Å². The average Bonchev–Trinajstić information content (AvgIpc) is 2.35. The van der Waals surface area contributed by atoms with Gasteiger partial charge < -0.3 is 5.11 Å². The second-order valence-corrected chi connectivity index (χ2v) is 7.84. The zero-order chi connectivity index (χ0) is 14.6. The Labute approximate surface area is 124 Å². The summed E-state index contributed by atoms with van der Waals surface area (Å²) in [5.41, 5.74) is 0.611. The summed E-state index contributed by atoms with van der Waals surface area (Å²) in [6.45, 7) is 0. The Morgan fingerprint density at radius 1 is 0.952 bits per heavy atom. The van der Waals surface area contributed by atoms with E-state index in [-0.39, 0.29) is 5.41 Å². The van der Waals surface area contributed by atoms with Gasteiger partial charge in [-0.2, -0.15) is 0 Å². The molecule has 1 aromatic rings. The van der Waals surface area contributed by atoms with Gasteiger partial charge in [0.2, 0.25) is 0 Å². The third-order valence-electron chi connectivity index (χ3n) is 6.06. The van der Waals surface area contributed by atoms with E-state index in [4.69, 9.17) is 0 Å². The van der Waals surface area contributed by atoms with E-state index < -0.39 is 17.7 Å². The second kappa shape index (κ2) is 4.77. The van der Waals surface area contributed by atoms with Gasteiger partial charge in [-0.3, -0.25) is 0 Å². The van der Waals surface area contributed by atoms with E-state index in [1.807, 2.05) is 0 Å². The molecule has 0 heterocycles. The standard InChI is InChI=1S/C18H22F2O/c19-15-4-14(5-16(20)6-15)17(21)10-18-7-11-1-12(8-18)3-13(2-11)9-18/h4-6,11-13,17,21H,1-3,7-10H2. The predicted octanol–water partition coefficient (Wildman–Crippen LogP) is 4.60. The van der Waals surface area contributed by atoms with Crippen LogP contribution in [0.2, 0.25) is 0 Å². The molecular weight excluding hydrogens is 270 g/mol. The van der Waals surface area contributed by atoms with Crippen LogP contribution in [0.15, 0.2) is 18.2 Å². The maximum atomic E-state index is 13.3. The van der Waals surface area contributed by atoms with E-state index in [1.54, 1.807) is 0 Å². The molecule has 4 saturated carbocycles. The van der Waals surface area contributed by atoms with Gasteiger partial charge in [0.05, 0.1) is 6.10 Å². The van der Waals surface area contributed by atoms with E-state index in [0.29, 0.717) is 12.0 Å². The fraction of sp³-hybridized carbons (Fsp3) is 0.667. The highest BCUT2D eigenvalue weighted by Crippen LogP contribution is 2.62. The van der Waals surface area contributed by atoms with Crippen LogP contribution in [0.5, 0.6) is 0 Å². The van der Waals surface area contributed by atoms with Crippen molar-refractivity contribution in [1.29, 1.82) is 0 Å². The van der Waals surface area contributed by atoms with Crippen molar-refractivity contribution in [2.24, 2.45) is 23.2 Å². The predicted molar refractivity (Wildman–Crippen MR) is 76.5 cm³/mol. The third-order valence-corrected chi connectivity index (χ3v) is 6.06. The highest BCUT2D eigenvalue weighted by molar-refractivity contribution is 5.21. The molecule has 1 aromatic carbocycles. The van der Waals surface area contributed by atoms with Gasteiger partial charge in [-0.25, -0.2) is 8.78 Å². The monoisotopic (exact) mass is 292 g/mol. The number of hydrogen-bond donors (Lipinski definition) is 1. The van der Waals surface area contributed by atoms with Crippen LogP contribution in [0.25, 0.3) is 0 Å². The Morgan fingerprint density at radius 2 is 1.43 bits per heavy atom. The largest absolute Gasteiger partial charge is 0.388 e. The number of hydrogen-bond acceptors (Lipinski definition) is 1. The summed E-state index contributed by atoms with van der Waals surface area (Å²) in [6.07, 6.45) is 7.62. The maximum Gasteiger partial charge on any atom is 0.126 e. The summed E-state index contributed by atoms with van der Waals surface area (Å²) >= 11 is 0. The zero-order valence-corrected chi connectivity index (χ0v) is 12.2. The Morgan fingerprint density at radius 3 is 1.90 bits per heavy atom. The van der Waals surface area contributed by atoms with Crippen molar-refractivity contribution >= 4 is 0 Å². The van der Waals surface area contributed by atoms with E-state index in [1.165, 1.54) is 50.7 Å². The number of halogens is 2.